The summed E-state index contributed by atoms with van der Waals surface area (Å²) in [5.41, 5.74) is 4.30. The molecule has 0 aromatic heterocycles. The Morgan fingerprint density at radius 2 is 1.73 bits per heavy atom. The van der Waals surface area contributed by atoms with Gasteiger partial charge in [-0.2, -0.15) is 0 Å². The van der Waals surface area contributed by atoms with Crippen molar-refractivity contribution in [3.63, 3.8) is 0 Å². The van der Waals surface area contributed by atoms with Crippen molar-refractivity contribution in [2.75, 3.05) is 11.3 Å². The van der Waals surface area contributed by atoms with Crippen LogP contribution in [0, 0.1) is 0 Å². The van der Waals surface area contributed by atoms with Gasteiger partial charge < -0.3 is 5.32 Å². The van der Waals surface area contributed by atoms with Gasteiger partial charge in [0.05, 0.1) is 4.90 Å². The first-order chi connectivity index (χ1) is 12.4. The van der Waals surface area contributed by atoms with Crippen LogP contribution in [0.5, 0.6) is 0 Å². The largest absolute Gasteiger partial charge is 0.313 e. The van der Waals surface area contributed by atoms with Crippen LogP contribution in [0.1, 0.15) is 49.8 Å². The smallest absolute Gasteiger partial charge is 0.261 e. The van der Waals surface area contributed by atoms with Gasteiger partial charge in [0.15, 0.2) is 0 Å². The Balaban J connectivity index is 1.73. The minimum absolute atomic E-state index is 0.296. The summed E-state index contributed by atoms with van der Waals surface area (Å²) in [4.78, 5) is 0.296. The minimum atomic E-state index is -3.57. The third-order valence-corrected chi connectivity index (χ3v) is 6.33. The summed E-state index contributed by atoms with van der Waals surface area (Å²) in [7, 11) is -3.57. The summed E-state index contributed by atoms with van der Waals surface area (Å²) in [5, 5.41) is 3.55. The average molecular weight is 373 g/mol. The highest BCUT2D eigenvalue weighted by Crippen LogP contribution is 2.27. The highest BCUT2D eigenvalue weighted by Gasteiger charge is 2.22. The van der Waals surface area contributed by atoms with E-state index in [1.54, 1.807) is 12.1 Å². The van der Waals surface area contributed by atoms with E-state index in [2.05, 4.69) is 30.8 Å². The molecular formula is C21H28N2O2S. The van der Waals surface area contributed by atoms with Gasteiger partial charge in [0.2, 0.25) is 0 Å². The molecular weight excluding hydrogens is 344 g/mol. The maximum absolute atomic E-state index is 12.7. The third kappa shape index (κ3) is 4.27. The number of fused-ring (bicyclic) bond motifs is 1. The minimum Gasteiger partial charge on any atom is -0.313 e. The summed E-state index contributed by atoms with van der Waals surface area (Å²) in [6.07, 6.45) is 3.08. The lowest BCUT2D eigenvalue weighted by Crippen LogP contribution is -2.29. The molecule has 0 aliphatic heterocycles. The Kier molecular flexibility index (Phi) is 5.68. The number of anilines is 1. The average Bonchev–Trinajstić information content (AvgIpc) is 3.01. The van der Waals surface area contributed by atoms with E-state index in [1.807, 2.05) is 30.3 Å². The van der Waals surface area contributed by atoms with Gasteiger partial charge in [-0.05, 0) is 72.7 Å². The second kappa shape index (κ2) is 7.80. The van der Waals surface area contributed by atoms with E-state index in [1.165, 1.54) is 11.1 Å². The van der Waals surface area contributed by atoms with Crippen molar-refractivity contribution in [2.24, 2.45) is 0 Å². The summed E-state index contributed by atoms with van der Waals surface area (Å²) >= 11 is 0. The van der Waals surface area contributed by atoms with Crippen LogP contribution in [0.4, 0.5) is 5.69 Å². The number of nitrogens with one attached hydrogen (secondary N) is 2. The van der Waals surface area contributed by atoms with Gasteiger partial charge in [-0.3, -0.25) is 4.72 Å². The number of rotatable bonds is 7. The Morgan fingerprint density at radius 1 is 1.04 bits per heavy atom. The molecule has 1 atom stereocenters. The molecule has 1 aliphatic rings. The summed E-state index contributed by atoms with van der Waals surface area (Å²) < 4.78 is 28.1. The van der Waals surface area contributed by atoms with Gasteiger partial charge in [0.1, 0.15) is 0 Å². The molecule has 2 aromatic rings. The van der Waals surface area contributed by atoms with Crippen LogP contribution in [0.2, 0.25) is 0 Å². The van der Waals surface area contributed by atoms with Crippen LogP contribution in [0.15, 0.2) is 47.4 Å². The third-order valence-electron chi connectivity index (χ3n) is 4.93. The number of hydrogen-bond donors (Lipinski definition) is 2. The lowest BCUT2D eigenvalue weighted by atomic mass is 10.0. The fourth-order valence-electron chi connectivity index (χ4n) is 3.42. The lowest BCUT2D eigenvalue weighted by Gasteiger charge is -2.11. The molecule has 4 nitrogen and oxygen atoms in total. The predicted molar refractivity (Wildman–Crippen MR) is 107 cm³/mol. The fourth-order valence-corrected chi connectivity index (χ4v) is 4.47. The second-order valence-electron chi connectivity index (χ2n) is 7.37. The zero-order chi connectivity index (χ0) is 18.7. The van der Waals surface area contributed by atoms with Crippen molar-refractivity contribution in [1.29, 1.82) is 0 Å². The molecule has 3 rings (SSSR count). The monoisotopic (exact) mass is 372 g/mol. The van der Waals surface area contributed by atoms with E-state index in [0.29, 0.717) is 22.5 Å². The van der Waals surface area contributed by atoms with Gasteiger partial charge in [0, 0.05) is 11.7 Å². The molecule has 0 saturated carbocycles. The number of benzene rings is 2. The summed E-state index contributed by atoms with van der Waals surface area (Å²) in [5.74, 6) is 0.380. The van der Waals surface area contributed by atoms with Crippen LogP contribution in [0.25, 0.3) is 0 Å². The lowest BCUT2D eigenvalue weighted by molar-refractivity contribution is 0.532. The molecule has 5 heteroatoms. The van der Waals surface area contributed by atoms with Crippen molar-refractivity contribution in [3.05, 3.63) is 59.2 Å². The van der Waals surface area contributed by atoms with Gasteiger partial charge in [0.25, 0.3) is 10.0 Å². The molecule has 0 bridgehead atoms. The van der Waals surface area contributed by atoms with Crippen LogP contribution < -0.4 is 10.0 Å². The molecule has 26 heavy (non-hydrogen) atoms. The van der Waals surface area contributed by atoms with Crippen LogP contribution in [-0.4, -0.2) is 21.0 Å². The van der Waals surface area contributed by atoms with Gasteiger partial charge in [-0.15, -0.1) is 0 Å². The highest BCUT2D eigenvalue weighted by molar-refractivity contribution is 7.92. The van der Waals surface area contributed by atoms with Crippen molar-refractivity contribution in [3.8, 4) is 0 Å². The molecule has 2 N–H and O–H groups in total. The molecule has 0 amide bonds. The second-order valence-corrected chi connectivity index (χ2v) is 9.05. The maximum Gasteiger partial charge on any atom is 0.261 e. The molecule has 0 fully saturated rings. The van der Waals surface area contributed by atoms with E-state index in [9.17, 15) is 8.42 Å². The highest BCUT2D eigenvalue weighted by atomic mass is 32.2. The summed E-state index contributed by atoms with van der Waals surface area (Å²) in [6.45, 7) is 7.37. The molecule has 140 valence electrons. The topological polar surface area (TPSA) is 58.2 Å². The first-order valence-corrected chi connectivity index (χ1v) is 10.9. The Hall–Kier alpha value is -1.85. The van der Waals surface area contributed by atoms with E-state index < -0.39 is 10.0 Å². The van der Waals surface area contributed by atoms with E-state index in [4.69, 9.17) is 0 Å². The molecule has 2 aromatic carbocycles. The molecule has 0 saturated heterocycles. The quantitative estimate of drug-likeness (QED) is 0.770. The van der Waals surface area contributed by atoms with E-state index >= 15 is 0 Å². The van der Waals surface area contributed by atoms with Crippen molar-refractivity contribution in [2.45, 2.75) is 56.9 Å². The predicted octanol–water partition coefficient (Wildman–Crippen LogP) is 4.08. The normalized spacial score (nSPS) is 16.7. The summed E-state index contributed by atoms with van der Waals surface area (Å²) in [6, 6.07) is 13.5. The van der Waals surface area contributed by atoms with Gasteiger partial charge in [-0.25, -0.2) is 8.42 Å². The first-order valence-electron chi connectivity index (χ1n) is 9.37. The molecule has 0 spiro atoms. The van der Waals surface area contributed by atoms with E-state index in [0.717, 1.165) is 31.4 Å². The van der Waals surface area contributed by atoms with Crippen LogP contribution in [0.3, 0.4) is 0 Å². The Bertz CT molecular complexity index is 858. The van der Waals surface area contributed by atoms with Crippen molar-refractivity contribution >= 4 is 15.7 Å². The zero-order valence-electron chi connectivity index (χ0n) is 15.7. The zero-order valence-corrected chi connectivity index (χ0v) is 16.6. The van der Waals surface area contributed by atoms with Crippen LogP contribution in [-0.2, 0) is 22.9 Å². The molecule has 0 heterocycles. The van der Waals surface area contributed by atoms with Crippen LogP contribution >= 0.6 is 0 Å². The first kappa shape index (κ1) is 18.9. The van der Waals surface area contributed by atoms with Gasteiger partial charge >= 0.3 is 0 Å². The SMILES string of the molecule is CCCN[C@H]1Cc2ccc(NS(=O)(=O)c3ccc(C(C)C)cc3)cc2C1. The van der Waals surface area contributed by atoms with E-state index in [-0.39, 0.29) is 0 Å². The standard InChI is InChI=1S/C21H28N2O2S/c1-4-11-22-20-12-17-5-8-19(13-18(17)14-20)23-26(24,25)21-9-6-16(7-10-21)15(2)3/h5-10,13,15,20,22-23H,4,11-12,14H2,1-3H3/t20-/m0/s1. The van der Waals surface area contributed by atoms with Gasteiger partial charge in [-0.1, -0.05) is 39.0 Å². The van der Waals surface area contributed by atoms with Crippen molar-refractivity contribution in [1.82, 2.24) is 5.32 Å². The Morgan fingerprint density at radius 3 is 2.38 bits per heavy atom. The molecule has 0 unspecified atom stereocenters. The fraction of sp³-hybridized carbons (Fsp3) is 0.429. The number of hydrogen-bond acceptors (Lipinski definition) is 3. The molecule has 1 aliphatic carbocycles. The molecule has 0 radical (unpaired) electrons. The van der Waals surface area contributed by atoms with Crippen molar-refractivity contribution < 1.29 is 8.42 Å². The number of sulfonamides is 1. The Labute approximate surface area is 157 Å². The maximum atomic E-state index is 12.7.